The number of anilines is 1. The minimum absolute atomic E-state index is 0.137. The Hall–Kier alpha value is -3.85. The van der Waals surface area contributed by atoms with Crippen LogP contribution >= 0.6 is 15.9 Å². The van der Waals surface area contributed by atoms with Crippen molar-refractivity contribution in [2.75, 3.05) is 25.1 Å². The summed E-state index contributed by atoms with van der Waals surface area (Å²) in [6.45, 7) is 6.51. The Bertz CT molecular complexity index is 1250. The van der Waals surface area contributed by atoms with Gasteiger partial charge in [0.05, 0.1) is 23.9 Å². The first kappa shape index (κ1) is 26.7. The molecule has 0 aliphatic rings. The van der Waals surface area contributed by atoms with Gasteiger partial charge in [-0.3, -0.25) is 9.59 Å². The van der Waals surface area contributed by atoms with E-state index in [1.54, 1.807) is 36.4 Å². The fourth-order valence-electron chi connectivity index (χ4n) is 3.20. The number of nitrogens with zero attached hydrogens (tertiary/aromatic N) is 1. The predicted octanol–water partition coefficient (Wildman–Crippen LogP) is 5.34. The summed E-state index contributed by atoms with van der Waals surface area (Å²) in [6, 6.07) is 17.8. The summed E-state index contributed by atoms with van der Waals surface area (Å²) in [5, 5.41) is 6.83. The van der Waals surface area contributed by atoms with Gasteiger partial charge in [-0.1, -0.05) is 12.1 Å². The minimum atomic E-state index is -0.381. The lowest BCUT2D eigenvalue weighted by molar-refractivity contribution is -0.118. The van der Waals surface area contributed by atoms with E-state index in [-0.39, 0.29) is 18.4 Å². The lowest BCUT2D eigenvalue weighted by atomic mass is 10.2. The Morgan fingerprint density at radius 1 is 0.917 bits per heavy atom. The van der Waals surface area contributed by atoms with Crippen molar-refractivity contribution in [1.29, 1.82) is 0 Å². The summed E-state index contributed by atoms with van der Waals surface area (Å²) in [5.74, 6) is 0.951. The zero-order valence-corrected chi connectivity index (χ0v) is 21.9. The van der Waals surface area contributed by atoms with Crippen LogP contribution in [0.5, 0.6) is 17.2 Å². The van der Waals surface area contributed by atoms with Crippen LogP contribution in [0, 0.1) is 6.92 Å². The molecule has 188 valence electrons. The van der Waals surface area contributed by atoms with E-state index in [9.17, 15) is 9.59 Å². The standard InChI is InChI=1S/C27H28BrN3O5/c1-4-34-24-12-10-20(15-25(24)35-5-2)27(33)31-29-16-19-9-11-23(22(28)14-19)36-17-26(32)30-21-8-6-7-18(3)13-21/h6-16H,4-5,17H2,1-3H3,(H,30,32)(H,31,33)/b29-16+. The molecule has 36 heavy (non-hydrogen) atoms. The van der Waals surface area contributed by atoms with Crippen molar-refractivity contribution in [3.8, 4) is 17.2 Å². The summed E-state index contributed by atoms with van der Waals surface area (Å²) in [6.07, 6.45) is 1.51. The molecule has 0 saturated heterocycles. The number of ether oxygens (including phenoxy) is 3. The molecule has 0 unspecified atom stereocenters. The van der Waals surface area contributed by atoms with Gasteiger partial charge in [-0.2, -0.15) is 5.10 Å². The topological polar surface area (TPSA) is 98.3 Å². The predicted molar refractivity (Wildman–Crippen MR) is 143 cm³/mol. The molecule has 0 atom stereocenters. The largest absolute Gasteiger partial charge is 0.490 e. The van der Waals surface area contributed by atoms with Crippen LogP contribution in [0.25, 0.3) is 0 Å². The molecule has 0 aliphatic heterocycles. The van der Waals surface area contributed by atoms with E-state index in [4.69, 9.17) is 14.2 Å². The number of hydrazone groups is 1. The maximum atomic E-state index is 12.5. The SMILES string of the molecule is CCOc1ccc(C(=O)N/N=C/c2ccc(OCC(=O)Nc3cccc(C)c3)c(Br)c2)cc1OCC. The van der Waals surface area contributed by atoms with Crippen molar-refractivity contribution in [2.45, 2.75) is 20.8 Å². The Morgan fingerprint density at radius 2 is 1.67 bits per heavy atom. The van der Waals surface area contributed by atoms with Crippen LogP contribution in [0.3, 0.4) is 0 Å². The van der Waals surface area contributed by atoms with Gasteiger partial charge in [0.25, 0.3) is 11.8 Å². The van der Waals surface area contributed by atoms with Gasteiger partial charge in [0.2, 0.25) is 0 Å². The van der Waals surface area contributed by atoms with Crippen molar-refractivity contribution in [3.05, 3.63) is 81.8 Å². The Labute approximate surface area is 218 Å². The van der Waals surface area contributed by atoms with Crippen LogP contribution in [0.1, 0.15) is 35.3 Å². The molecular weight excluding hydrogens is 526 g/mol. The second-order valence-corrected chi connectivity index (χ2v) is 8.48. The van der Waals surface area contributed by atoms with Crippen LogP contribution in [-0.4, -0.2) is 37.8 Å². The summed E-state index contributed by atoms with van der Waals surface area (Å²) in [7, 11) is 0. The van der Waals surface area contributed by atoms with E-state index >= 15 is 0 Å². The second kappa shape index (κ2) is 13.3. The fraction of sp³-hybridized carbons (Fsp3) is 0.222. The lowest BCUT2D eigenvalue weighted by Gasteiger charge is -2.11. The molecule has 0 saturated carbocycles. The number of rotatable bonds is 11. The fourth-order valence-corrected chi connectivity index (χ4v) is 3.71. The van der Waals surface area contributed by atoms with Crippen LogP contribution < -0.4 is 25.0 Å². The maximum Gasteiger partial charge on any atom is 0.271 e. The van der Waals surface area contributed by atoms with Gasteiger partial charge in [0.1, 0.15) is 5.75 Å². The molecule has 0 aliphatic carbocycles. The van der Waals surface area contributed by atoms with Crippen LogP contribution in [0.4, 0.5) is 5.69 Å². The first-order valence-electron chi connectivity index (χ1n) is 11.4. The quantitative estimate of drug-likeness (QED) is 0.247. The zero-order valence-electron chi connectivity index (χ0n) is 20.3. The monoisotopic (exact) mass is 553 g/mol. The molecule has 3 aromatic carbocycles. The van der Waals surface area contributed by atoms with Crippen molar-refractivity contribution < 1.29 is 23.8 Å². The highest BCUT2D eigenvalue weighted by molar-refractivity contribution is 9.10. The molecule has 0 heterocycles. The summed E-state index contributed by atoms with van der Waals surface area (Å²) in [5.41, 5.74) is 5.40. The summed E-state index contributed by atoms with van der Waals surface area (Å²) < 4.78 is 17.4. The number of aryl methyl sites for hydroxylation is 1. The van der Waals surface area contributed by atoms with Gasteiger partial charge in [-0.05, 0) is 96.4 Å². The number of amides is 2. The molecule has 2 amide bonds. The molecule has 0 spiro atoms. The molecule has 0 bridgehead atoms. The third kappa shape index (κ3) is 7.84. The number of carbonyl (C=O) groups is 2. The maximum absolute atomic E-state index is 12.5. The third-order valence-electron chi connectivity index (χ3n) is 4.80. The van der Waals surface area contributed by atoms with E-state index in [1.165, 1.54) is 6.21 Å². The molecular formula is C27H28BrN3O5. The highest BCUT2D eigenvalue weighted by Crippen LogP contribution is 2.28. The average molecular weight is 554 g/mol. The van der Waals surface area contributed by atoms with Gasteiger partial charge < -0.3 is 19.5 Å². The van der Waals surface area contributed by atoms with Gasteiger partial charge in [0.15, 0.2) is 18.1 Å². The second-order valence-electron chi connectivity index (χ2n) is 7.62. The number of hydrogen-bond donors (Lipinski definition) is 2. The van der Waals surface area contributed by atoms with Crippen LogP contribution in [0.15, 0.2) is 70.2 Å². The minimum Gasteiger partial charge on any atom is -0.490 e. The van der Waals surface area contributed by atoms with E-state index in [2.05, 4.69) is 31.8 Å². The number of nitrogens with one attached hydrogen (secondary N) is 2. The number of halogens is 1. The van der Waals surface area contributed by atoms with Crippen LogP contribution in [0.2, 0.25) is 0 Å². The number of benzene rings is 3. The van der Waals surface area contributed by atoms with Gasteiger partial charge in [-0.25, -0.2) is 5.43 Å². The first-order chi connectivity index (χ1) is 17.4. The van der Waals surface area contributed by atoms with Crippen molar-refractivity contribution in [2.24, 2.45) is 5.10 Å². The Balaban J connectivity index is 1.55. The van der Waals surface area contributed by atoms with Crippen molar-refractivity contribution in [3.63, 3.8) is 0 Å². The smallest absolute Gasteiger partial charge is 0.271 e. The van der Waals surface area contributed by atoms with Crippen LogP contribution in [-0.2, 0) is 4.79 Å². The summed E-state index contributed by atoms with van der Waals surface area (Å²) >= 11 is 3.44. The van der Waals surface area contributed by atoms with E-state index in [0.717, 1.165) is 16.8 Å². The van der Waals surface area contributed by atoms with E-state index < -0.39 is 0 Å². The third-order valence-corrected chi connectivity index (χ3v) is 5.42. The molecule has 0 fully saturated rings. The van der Waals surface area contributed by atoms with Gasteiger partial charge in [0, 0.05) is 11.3 Å². The van der Waals surface area contributed by atoms with Gasteiger partial charge in [-0.15, -0.1) is 0 Å². The molecule has 3 aromatic rings. The molecule has 0 radical (unpaired) electrons. The normalized spacial score (nSPS) is 10.7. The molecule has 2 N–H and O–H groups in total. The number of carbonyl (C=O) groups excluding carboxylic acids is 2. The molecule has 8 nitrogen and oxygen atoms in total. The van der Waals surface area contributed by atoms with Crippen molar-refractivity contribution in [1.82, 2.24) is 5.43 Å². The highest BCUT2D eigenvalue weighted by atomic mass is 79.9. The summed E-state index contributed by atoms with van der Waals surface area (Å²) in [4.78, 5) is 24.7. The number of hydrogen-bond acceptors (Lipinski definition) is 6. The molecule has 9 heteroatoms. The lowest BCUT2D eigenvalue weighted by Crippen LogP contribution is -2.20. The van der Waals surface area contributed by atoms with Crippen molar-refractivity contribution >= 4 is 39.6 Å². The zero-order chi connectivity index (χ0) is 25.9. The average Bonchev–Trinajstić information content (AvgIpc) is 2.85. The Kier molecular flexibility index (Phi) is 9.88. The molecule has 3 rings (SSSR count). The van der Waals surface area contributed by atoms with E-state index in [0.29, 0.717) is 40.5 Å². The van der Waals surface area contributed by atoms with E-state index in [1.807, 2.05) is 45.0 Å². The van der Waals surface area contributed by atoms with Gasteiger partial charge >= 0.3 is 0 Å². The Morgan fingerprint density at radius 3 is 2.39 bits per heavy atom. The first-order valence-corrected chi connectivity index (χ1v) is 12.2. The highest BCUT2D eigenvalue weighted by Gasteiger charge is 2.11. The molecule has 0 aromatic heterocycles.